The average Bonchev–Trinajstić information content (AvgIpc) is 3.08. The Morgan fingerprint density at radius 3 is 2.57 bits per heavy atom. The molecule has 0 aliphatic heterocycles. The van der Waals surface area contributed by atoms with Crippen LogP contribution in [-0.4, -0.2) is 34.1 Å². The van der Waals surface area contributed by atoms with Crippen LogP contribution in [0.2, 0.25) is 0 Å². The molecule has 1 aromatic rings. The van der Waals surface area contributed by atoms with E-state index in [1.54, 1.807) is 44.1 Å². The van der Waals surface area contributed by atoms with Gasteiger partial charge in [-0.1, -0.05) is 20.8 Å². The summed E-state index contributed by atoms with van der Waals surface area (Å²) in [4.78, 5) is 25.4. The first-order valence-corrected chi connectivity index (χ1v) is 7.11. The van der Waals surface area contributed by atoms with Crippen LogP contribution in [-0.2, 0) is 11.3 Å². The second-order valence-corrected chi connectivity index (χ2v) is 6.53. The molecule has 0 radical (unpaired) electrons. The molecule has 0 bridgehead atoms. The number of hydrogen-bond acceptors (Lipinski definition) is 3. The van der Waals surface area contributed by atoms with Crippen molar-refractivity contribution in [2.75, 3.05) is 0 Å². The first-order valence-electron chi connectivity index (χ1n) is 7.11. The predicted octanol–water partition coefficient (Wildman–Crippen LogP) is 2.45. The Morgan fingerprint density at radius 1 is 1.48 bits per heavy atom. The zero-order valence-electron chi connectivity index (χ0n) is 12.6. The Balaban J connectivity index is 2.06. The number of carboxylic acids is 1. The molecule has 21 heavy (non-hydrogen) atoms. The minimum absolute atomic E-state index is 0.171. The summed E-state index contributed by atoms with van der Waals surface area (Å²) in [5.74, 6) is -0.329. The molecule has 6 heteroatoms. The summed E-state index contributed by atoms with van der Waals surface area (Å²) < 4.78 is 5.27. The lowest BCUT2D eigenvalue weighted by Crippen LogP contribution is -2.53. The summed E-state index contributed by atoms with van der Waals surface area (Å²) in [5.41, 5.74) is -0.554. The van der Waals surface area contributed by atoms with Crippen molar-refractivity contribution in [2.45, 2.75) is 52.2 Å². The molecule has 116 valence electrons. The topological polar surface area (TPSA) is 82.8 Å². The van der Waals surface area contributed by atoms with Gasteiger partial charge < -0.3 is 19.7 Å². The van der Waals surface area contributed by atoms with E-state index in [-0.39, 0.29) is 12.1 Å². The summed E-state index contributed by atoms with van der Waals surface area (Å²) in [7, 11) is 0. The number of rotatable bonds is 5. The third-order valence-electron chi connectivity index (χ3n) is 3.54. The van der Waals surface area contributed by atoms with E-state index in [1.807, 2.05) is 0 Å². The number of nitrogens with zero attached hydrogens (tertiary/aromatic N) is 1. The number of furan rings is 1. The normalized spacial score (nSPS) is 16.3. The van der Waals surface area contributed by atoms with E-state index in [2.05, 4.69) is 5.32 Å². The van der Waals surface area contributed by atoms with Crippen LogP contribution >= 0.6 is 0 Å². The molecule has 1 saturated carbocycles. The van der Waals surface area contributed by atoms with Crippen LogP contribution in [0.5, 0.6) is 0 Å². The lowest BCUT2D eigenvalue weighted by atomic mass is 9.87. The molecule has 0 aromatic carbocycles. The maximum Gasteiger partial charge on any atom is 0.326 e. The van der Waals surface area contributed by atoms with Crippen LogP contribution in [0.3, 0.4) is 0 Å². The molecule has 2 amide bonds. The minimum Gasteiger partial charge on any atom is -0.480 e. The van der Waals surface area contributed by atoms with Gasteiger partial charge >= 0.3 is 12.0 Å². The third-order valence-corrected chi connectivity index (χ3v) is 3.54. The van der Waals surface area contributed by atoms with Gasteiger partial charge in [-0.25, -0.2) is 9.59 Å². The summed E-state index contributed by atoms with van der Waals surface area (Å²) in [5, 5.41) is 11.9. The van der Waals surface area contributed by atoms with E-state index in [0.29, 0.717) is 12.3 Å². The van der Waals surface area contributed by atoms with Gasteiger partial charge in [-0.2, -0.15) is 0 Å². The van der Waals surface area contributed by atoms with Gasteiger partial charge in [0.25, 0.3) is 0 Å². The van der Waals surface area contributed by atoms with Crippen LogP contribution in [0.25, 0.3) is 0 Å². The first kappa shape index (κ1) is 15.4. The Hall–Kier alpha value is -1.98. The molecule has 1 atom stereocenters. The fourth-order valence-electron chi connectivity index (χ4n) is 2.18. The van der Waals surface area contributed by atoms with Crippen molar-refractivity contribution in [3.8, 4) is 0 Å². The number of amides is 2. The van der Waals surface area contributed by atoms with Crippen molar-refractivity contribution >= 4 is 12.0 Å². The van der Waals surface area contributed by atoms with Crippen molar-refractivity contribution in [1.82, 2.24) is 10.2 Å². The highest BCUT2D eigenvalue weighted by molar-refractivity contribution is 5.83. The van der Waals surface area contributed by atoms with E-state index in [0.717, 1.165) is 12.8 Å². The van der Waals surface area contributed by atoms with Crippen molar-refractivity contribution in [3.05, 3.63) is 24.2 Å². The van der Waals surface area contributed by atoms with Crippen LogP contribution in [0.1, 0.15) is 39.4 Å². The number of hydrogen-bond donors (Lipinski definition) is 2. The summed E-state index contributed by atoms with van der Waals surface area (Å²) in [6.45, 7) is 5.74. The van der Waals surface area contributed by atoms with Gasteiger partial charge in [0.1, 0.15) is 11.8 Å². The van der Waals surface area contributed by atoms with Gasteiger partial charge in [-0.05, 0) is 30.4 Å². The lowest BCUT2D eigenvalue weighted by Gasteiger charge is -2.31. The van der Waals surface area contributed by atoms with Crippen LogP contribution in [0, 0.1) is 5.41 Å². The molecule has 2 rings (SSSR count). The first-order chi connectivity index (χ1) is 9.79. The van der Waals surface area contributed by atoms with Crippen molar-refractivity contribution in [1.29, 1.82) is 0 Å². The van der Waals surface area contributed by atoms with Crippen LogP contribution < -0.4 is 5.32 Å². The molecule has 1 aromatic heterocycles. The highest BCUT2D eigenvalue weighted by atomic mass is 16.4. The van der Waals surface area contributed by atoms with Crippen molar-refractivity contribution in [2.24, 2.45) is 5.41 Å². The Bertz CT molecular complexity index is 500. The molecule has 2 N–H and O–H groups in total. The van der Waals surface area contributed by atoms with Gasteiger partial charge in [-0.15, -0.1) is 0 Å². The summed E-state index contributed by atoms with van der Waals surface area (Å²) in [6.07, 6.45) is 3.45. The van der Waals surface area contributed by atoms with Gasteiger partial charge in [-0.3, -0.25) is 0 Å². The van der Waals surface area contributed by atoms with Crippen LogP contribution in [0.15, 0.2) is 22.8 Å². The zero-order valence-corrected chi connectivity index (χ0v) is 12.6. The molecule has 1 fully saturated rings. The fraction of sp³-hybridized carbons (Fsp3) is 0.600. The molecular formula is C15H22N2O4. The molecular weight excluding hydrogens is 272 g/mol. The summed E-state index contributed by atoms with van der Waals surface area (Å²) in [6, 6.07) is 2.47. The number of aliphatic carboxylic acids is 1. The molecule has 0 unspecified atom stereocenters. The standard InChI is InChI=1S/C15H22N2O4/c1-15(2,3)12(13(18)19)16-14(20)17(10-6-7-10)9-11-5-4-8-21-11/h4-5,8,10,12H,6-7,9H2,1-3H3,(H,16,20)(H,18,19)/t12-/m0/s1. The molecule has 0 saturated heterocycles. The SMILES string of the molecule is CC(C)(C)[C@@H](NC(=O)N(Cc1ccco1)C1CC1)C(=O)O. The highest BCUT2D eigenvalue weighted by Gasteiger charge is 2.38. The quantitative estimate of drug-likeness (QED) is 0.873. The average molecular weight is 294 g/mol. The van der Waals surface area contributed by atoms with Gasteiger partial charge in [0.2, 0.25) is 0 Å². The molecule has 0 spiro atoms. The number of urea groups is 1. The molecule has 1 aliphatic rings. The third kappa shape index (κ3) is 4.00. The van der Waals surface area contributed by atoms with E-state index >= 15 is 0 Å². The number of carbonyl (C=O) groups is 2. The number of nitrogens with one attached hydrogen (secondary N) is 1. The zero-order chi connectivity index (χ0) is 15.6. The molecule has 1 aliphatic carbocycles. The monoisotopic (exact) mass is 294 g/mol. The summed E-state index contributed by atoms with van der Waals surface area (Å²) >= 11 is 0. The largest absolute Gasteiger partial charge is 0.480 e. The molecule has 6 nitrogen and oxygen atoms in total. The van der Waals surface area contributed by atoms with E-state index in [9.17, 15) is 14.7 Å². The number of carbonyl (C=O) groups excluding carboxylic acids is 1. The Morgan fingerprint density at radius 2 is 2.14 bits per heavy atom. The Kier molecular flexibility index (Phi) is 4.25. The fourth-order valence-corrected chi connectivity index (χ4v) is 2.18. The van der Waals surface area contributed by atoms with Crippen molar-refractivity contribution < 1.29 is 19.1 Å². The number of carboxylic acid groups (broad SMARTS) is 1. The van der Waals surface area contributed by atoms with Gasteiger partial charge in [0.15, 0.2) is 0 Å². The Labute approximate surface area is 124 Å². The van der Waals surface area contributed by atoms with E-state index in [1.165, 1.54) is 0 Å². The van der Waals surface area contributed by atoms with Gasteiger partial charge in [0.05, 0.1) is 12.8 Å². The molecule has 1 heterocycles. The minimum atomic E-state index is -1.02. The second-order valence-electron chi connectivity index (χ2n) is 6.53. The van der Waals surface area contributed by atoms with E-state index in [4.69, 9.17) is 4.42 Å². The predicted molar refractivity (Wildman–Crippen MR) is 76.7 cm³/mol. The lowest BCUT2D eigenvalue weighted by molar-refractivity contribution is -0.142. The maximum absolute atomic E-state index is 12.4. The maximum atomic E-state index is 12.4. The second kappa shape index (κ2) is 5.79. The van der Waals surface area contributed by atoms with Gasteiger partial charge in [0, 0.05) is 6.04 Å². The van der Waals surface area contributed by atoms with Crippen molar-refractivity contribution in [3.63, 3.8) is 0 Å². The van der Waals surface area contributed by atoms with E-state index < -0.39 is 17.4 Å². The smallest absolute Gasteiger partial charge is 0.326 e. The van der Waals surface area contributed by atoms with Crippen LogP contribution in [0.4, 0.5) is 4.79 Å². The highest BCUT2D eigenvalue weighted by Crippen LogP contribution is 2.29.